The van der Waals surface area contributed by atoms with Crippen molar-refractivity contribution in [2.45, 2.75) is 0 Å². The van der Waals surface area contributed by atoms with Gasteiger partial charge >= 0.3 is 5.97 Å². The Bertz CT molecular complexity index is 498. The van der Waals surface area contributed by atoms with Gasteiger partial charge in [-0.3, -0.25) is 0 Å². The van der Waals surface area contributed by atoms with Crippen LogP contribution in [-0.2, 0) is 4.74 Å². The van der Waals surface area contributed by atoms with Crippen LogP contribution in [-0.4, -0.2) is 20.2 Å². The smallest absolute Gasteiger partial charge is 0.377 e. The molecule has 2 aromatic rings. The molecule has 0 fully saturated rings. The molecule has 0 radical (unpaired) electrons. The molecule has 2 rings (SSSR count). The summed E-state index contributed by atoms with van der Waals surface area (Å²) >= 11 is 0. The lowest BCUT2D eigenvalue weighted by Gasteiger charge is -1.98. The van der Waals surface area contributed by atoms with Crippen molar-refractivity contribution in [3.63, 3.8) is 0 Å². The van der Waals surface area contributed by atoms with Crippen molar-refractivity contribution in [1.82, 2.24) is 0 Å². The first-order valence-corrected chi connectivity index (χ1v) is 4.41. The highest BCUT2D eigenvalue weighted by Crippen LogP contribution is 2.32. The number of para-hydroxylation sites is 1. The molecule has 0 amide bonds. The number of hydrogen-bond donors (Lipinski definition) is 0. The molecule has 1 aromatic heterocycles. The molecule has 0 bridgehead atoms. The SMILES string of the molecule is COC(=O)c1oc2ccccc2c1OC. The Morgan fingerprint density at radius 3 is 2.67 bits per heavy atom. The molecule has 0 spiro atoms. The van der Waals surface area contributed by atoms with Crippen molar-refractivity contribution < 1.29 is 18.7 Å². The normalized spacial score (nSPS) is 10.3. The Labute approximate surface area is 86.4 Å². The van der Waals surface area contributed by atoms with Gasteiger partial charge in [-0.25, -0.2) is 4.79 Å². The van der Waals surface area contributed by atoms with E-state index < -0.39 is 5.97 Å². The highest BCUT2D eigenvalue weighted by atomic mass is 16.5. The van der Waals surface area contributed by atoms with Gasteiger partial charge in [-0.15, -0.1) is 0 Å². The van der Waals surface area contributed by atoms with Gasteiger partial charge < -0.3 is 13.9 Å². The molecule has 0 aliphatic carbocycles. The summed E-state index contributed by atoms with van der Waals surface area (Å²) in [6.45, 7) is 0. The largest absolute Gasteiger partial charge is 0.492 e. The summed E-state index contributed by atoms with van der Waals surface area (Å²) in [5.74, 6) is -0.0262. The van der Waals surface area contributed by atoms with E-state index in [4.69, 9.17) is 9.15 Å². The standard InChI is InChI=1S/C11H10O4/c1-13-9-7-5-3-4-6-8(7)15-10(9)11(12)14-2/h3-6H,1-2H3. The summed E-state index contributed by atoms with van der Waals surface area (Å²) in [5.41, 5.74) is 0.606. The Kier molecular flexibility index (Phi) is 2.33. The van der Waals surface area contributed by atoms with Gasteiger partial charge in [0.25, 0.3) is 5.76 Å². The fourth-order valence-electron chi connectivity index (χ4n) is 1.45. The van der Waals surface area contributed by atoms with Gasteiger partial charge in [0.05, 0.1) is 19.6 Å². The van der Waals surface area contributed by atoms with Crippen molar-refractivity contribution in [1.29, 1.82) is 0 Å². The number of esters is 1. The van der Waals surface area contributed by atoms with E-state index in [9.17, 15) is 4.79 Å². The molecule has 0 N–H and O–H groups in total. The summed E-state index contributed by atoms with van der Waals surface area (Å²) in [6.07, 6.45) is 0. The summed E-state index contributed by atoms with van der Waals surface area (Å²) in [7, 11) is 2.79. The number of hydrogen-bond acceptors (Lipinski definition) is 4. The van der Waals surface area contributed by atoms with Crippen molar-refractivity contribution in [3.05, 3.63) is 30.0 Å². The number of ether oxygens (including phenoxy) is 2. The van der Waals surface area contributed by atoms with Gasteiger partial charge in [-0.05, 0) is 12.1 Å². The molecule has 78 valence electrons. The van der Waals surface area contributed by atoms with Crippen molar-refractivity contribution in [3.8, 4) is 5.75 Å². The van der Waals surface area contributed by atoms with Crippen LogP contribution < -0.4 is 4.74 Å². The zero-order valence-electron chi connectivity index (χ0n) is 8.44. The second kappa shape index (κ2) is 3.65. The quantitative estimate of drug-likeness (QED) is 0.707. The van der Waals surface area contributed by atoms with Gasteiger partial charge in [-0.1, -0.05) is 12.1 Å². The number of methoxy groups -OCH3 is 2. The van der Waals surface area contributed by atoms with E-state index in [0.717, 1.165) is 5.39 Å². The predicted molar refractivity (Wildman–Crippen MR) is 54.1 cm³/mol. The molecule has 15 heavy (non-hydrogen) atoms. The van der Waals surface area contributed by atoms with Crippen LogP contribution in [0, 0.1) is 0 Å². The van der Waals surface area contributed by atoms with Crippen molar-refractivity contribution in [2.75, 3.05) is 14.2 Å². The topological polar surface area (TPSA) is 48.7 Å². The fraction of sp³-hybridized carbons (Fsp3) is 0.182. The van der Waals surface area contributed by atoms with Crippen LogP contribution in [0.1, 0.15) is 10.6 Å². The molecular weight excluding hydrogens is 196 g/mol. The number of rotatable bonds is 2. The Hall–Kier alpha value is -1.97. The Balaban J connectivity index is 2.69. The highest BCUT2D eigenvalue weighted by molar-refractivity contribution is 5.98. The van der Waals surface area contributed by atoms with Crippen LogP contribution in [0.25, 0.3) is 11.0 Å². The first kappa shape index (κ1) is 9.58. The average Bonchev–Trinajstić information content (AvgIpc) is 2.66. The third-order valence-corrected chi connectivity index (χ3v) is 2.12. The number of benzene rings is 1. The van der Waals surface area contributed by atoms with E-state index in [2.05, 4.69) is 4.74 Å². The van der Waals surface area contributed by atoms with Crippen LogP contribution in [0.4, 0.5) is 0 Å². The van der Waals surface area contributed by atoms with E-state index in [1.54, 1.807) is 6.07 Å². The second-order valence-corrected chi connectivity index (χ2v) is 2.95. The zero-order valence-corrected chi connectivity index (χ0v) is 8.44. The lowest BCUT2D eigenvalue weighted by molar-refractivity contribution is 0.0563. The minimum atomic E-state index is -0.539. The Morgan fingerprint density at radius 2 is 2.00 bits per heavy atom. The van der Waals surface area contributed by atoms with Crippen LogP contribution in [0.15, 0.2) is 28.7 Å². The molecule has 0 unspecified atom stereocenters. The first-order valence-electron chi connectivity index (χ1n) is 4.41. The predicted octanol–water partition coefficient (Wildman–Crippen LogP) is 2.23. The van der Waals surface area contributed by atoms with Crippen LogP contribution in [0.3, 0.4) is 0 Å². The van der Waals surface area contributed by atoms with E-state index in [1.807, 2.05) is 18.2 Å². The van der Waals surface area contributed by atoms with E-state index >= 15 is 0 Å². The van der Waals surface area contributed by atoms with Crippen LogP contribution in [0.2, 0.25) is 0 Å². The molecule has 4 nitrogen and oxygen atoms in total. The monoisotopic (exact) mass is 206 g/mol. The molecule has 1 heterocycles. The summed E-state index contributed by atoms with van der Waals surface area (Å²) < 4.78 is 15.1. The molecule has 0 aliphatic heterocycles. The fourth-order valence-corrected chi connectivity index (χ4v) is 1.45. The van der Waals surface area contributed by atoms with Crippen LogP contribution >= 0.6 is 0 Å². The second-order valence-electron chi connectivity index (χ2n) is 2.95. The van der Waals surface area contributed by atoms with Gasteiger partial charge in [0, 0.05) is 0 Å². The third kappa shape index (κ3) is 1.44. The minimum absolute atomic E-state index is 0.0983. The number of fused-ring (bicyclic) bond motifs is 1. The minimum Gasteiger partial charge on any atom is -0.492 e. The van der Waals surface area contributed by atoms with E-state index in [0.29, 0.717) is 11.3 Å². The molecular formula is C11H10O4. The van der Waals surface area contributed by atoms with E-state index in [1.165, 1.54) is 14.2 Å². The molecule has 0 saturated carbocycles. The molecule has 0 aliphatic rings. The molecule has 0 atom stereocenters. The maximum absolute atomic E-state index is 11.4. The Morgan fingerprint density at radius 1 is 1.27 bits per heavy atom. The van der Waals surface area contributed by atoms with Gasteiger partial charge in [0.1, 0.15) is 5.58 Å². The summed E-state index contributed by atoms with van der Waals surface area (Å²) in [5, 5.41) is 0.764. The van der Waals surface area contributed by atoms with Gasteiger partial charge in [0.15, 0.2) is 5.75 Å². The maximum atomic E-state index is 11.4. The van der Waals surface area contributed by atoms with Crippen molar-refractivity contribution >= 4 is 16.9 Å². The number of carbonyl (C=O) groups is 1. The zero-order chi connectivity index (χ0) is 10.8. The maximum Gasteiger partial charge on any atom is 0.377 e. The number of carbonyl (C=O) groups excluding carboxylic acids is 1. The molecule has 0 saturated heterocycles. The summed E-state index contributed by atoms with van der Waals surface area (Å²) in [6, 6.07) is 7.27. The average molecular weight is 206 g/mol. The van der Waals surface area contributed by atoms with Crippen molar-refractivity contribution in [2.24, 2.45) is 0 Å². The lowest BCUT2D eigenvalue weighted by atomic mass is 10.2. The van der Waals surface area contributed by atoms with Crippen LogP contribution in [0.5, 0.6) is 5.75 Å². The lowest BCUT2D eigenvalue weighted by Crippen LogP contribution is -2.01. The highest BCUT2D eigenvalue weighted by Gasteiger charge is 2.21. The molecule has 4 heteroatoms. The summed E-state index contributed by atoms with van der Waals surface area (Å²) in [4.78, 5) is 11.4. The van der Waals surface area contributed by atoms with E-state index in [-0.39, 0.29) is 5.76 Å². The van der Waals surface area contributed by atoms with Gasteiger partial charge in [0.2, 0.25) is 0 Å². The van der Waals surface area contributed by atoms with Gasteiger partial charge in [-0.2, -0.15) is 0 Å². The first-order chi connectivity index (χ1) is 7.27. The third-order valence-electron chi connectivity index (χ3n) is 2.12. The number of furan rings is 1. The molecule has 1 aromatic carbocycles.